The predicted molar refractivity (Wildman–Crippen MR) is 53.3 cm³/mol. The van der Waals surface area contributed by atoms with Crippen LogP contribution in [-0.2, 0) is 19.6 Å². The molecule has 0 fully saturated rings. The second kappa shape index (κ2) is 4.27. The van der Waals surface area contributed by atoms with E-state index in [4.69, 9.17) is 4.74 Å². The van der Waals surface area contributed by atoms with E-state index in [0.717, 1.165) is 10.6 Å². The van der Waals surface area contributed by atoms with E-state index in [0.29, 0.717) is 0 Å². The average Bonchev–Trinajstić information content (AvgIpc) is 1.79. The van der Waals surface area contributed by atoms with E-state index >= 15 is 0 Å². The molecule has 0 saturated heterocycles. The molecule has 0 aliphatic rings. The average molecular weight is 223 g/mol. The maximum atomic E-state index is 11.2. The molecule has 0 aromatic carbocycles. The van der Waals surface area contributed by atoms with E-state index in [1.807, 2.05) is 0 Å². The Kier molecular flexibility index (Phi) is 4.08. The summed E-state index contributed by atoms with van der Waals surface area (Å²) in [4.78, 5) is 11.2. The van der Waals surface area contributed by atoms with Gasteiger partial charge >= 0.3 is 5.97 Å². The van der Waals surface area contributed by atoms with Crippen LogP contribution >= 0.6 is 0 Å². The number of ether oxygens (including phenoxy) is 1. The number of nitrogens with zero attached hydrogens (tertiary/aromatic N) is 1. The van der Waals surface area contributed by atoms with Gasteiger partial charge in [0.15, 0.2) is 0 Å². The number of carbonyl (C=O) groups is 1. The Hall–Kier alpha value is -0.620. The summed E-state index contributed by atoms with van der Waals surface area (Å²) >= 11 is 0. The lowest BCUT2D eigenvalue weighted by molar-refractivity contribution is -0.154. The van der Waals surface area contributed by atoms with Crippen molar-refractivity contribution in [3.8, 4) is 0 Å². The minimum absolute atomic E-state index is 0.254. The van der Waals surface area contributed by atoms with Gasteiger partial charge in [-0.1, -0.05) is 0 Å². The van der Waals surface area contributed by atoms with E-state index < -0.39 is 21.6 Å². The van der Waals surface area contributed by atoms with E-state index in [1.54, 1.807) is 20.8 Å². The smallest absolute Gasteiger partial charge is 0.321 e. The highest BCUT2D eigenvalue weighted by molar-refractivity contribution is 7.88. The number of sulfonamides is 1. The van der Waals surface area contributed by atoms with Crippen molar-refractivity contribution in [1.29, 1.82) is 0 Å². The molecule has 0 atom stereocenters. The van der Waals surface area contributed by atoms with E-state index in [-0.39, 0.29) is 6.54 Å². The molecule has 0 spiro atoms. The zero-order valence-corrected chi connectivity index (χ0v) is 10.0. The van der Waals surface area contributed by atoms with E-state index in [9.17, 15) is 13.2 Å². The van der Waals surface area contributed by atoms with Gasteiger partial charge in [-0.05, 0) is 20.8 Å². The van der Waals surface area contributed by atoms with Crippen LogP contribution in [0.2, 0.25) is 0 Å². The topological polar surface area (TPSA) is 63.7 Å². The van der Waals surface area contributed by atoms with Crippen molar-refractivity contribution in [2.45, 2.75) is 26.4 Å². The first-order chi connectivity index (χ1) is 6.02. The Labute approximate surface area is 85.1 Å². The molecule has 84 valence electrons. The van der Waals surface area contributed by atoms with Crippen molar-refractivity contribution in [3.63, 3.8) is 0 Å². The summed E-state index contributed by atoms with van der Waals surface area (Å²) in [5.41, 5.74) is -0.588. The standard InChI is InChI=1S/C8H17NO4S/c1-8(2,3)13-7(10)6-9(4)14(5,11)12/h6H2,1-5H3. The van der Waals surface area contributed by atoms with Crippen molar-refractivity contribution >= 4 is 16.0 Å². The van der Waals surface area contributed by atoms with Gasteiger partial charge in [0.25, 0.3) is 0 Å². The van der Waals surface area contributed by atoms with Gasteiger partial charge < -0.3 is 4.74 Å². The molecule has 0 aliphatic carbocycles. The van der Waals surface area contributed by atoms with Crippen LogP contribution in [0.1, 0.15) is 20.8 Å². The third kappa shape index (κ3) is 5.93. The predicted octanol–water partition coefficient (Wildman–Crippen LogP) is 0.219. The van der Waals surface area contributed by atoms with E-state index in [2.05, 4.69) is 0 Å². The Morgan fingerprint density at radius 3 is 2.07 bits per heavy atom. The maximum absolute atomic E-state index is 11.2. The maximum Gasteiger partial charge on any atom is 0.321 e. The summed E-state index contributed by atoms with van der Waals surface area (Å²) in [5.74, 6) is -0.551. The van der Waals surface area contributed by atoms with Gasteiger partial charge in [-0.25, -0.2) is 8.42 Å². The van der Waals surface area contributed by atoms with Crippen molar-refractivity contribution in [1.82, 2.24) is 4.31 Å². The van der Waals surface area contributed by atoms with Crippen LogP contribution in [-0.4, -0.2) is 44.1 Å². The molecule has 0 aromatic rings. The molecule has 0 radical (unpaired) electrons. The minimum Gasteiger partial charge on any atom is -0.459 e. The second-order valence-electron chi connectivity index (χ2n) is 4.11. The summed E-state index contributed by atoms with van der Waals surface area (Å²) in [6.45, 7) is 4.93. The van der Waals surface area contributed by atoms with Crippen molar-refractivity contribution < 1.29 is 17.9 Å². The number of hydrogen-bond donors (Lipinski definition) is 0. The van der Waals surface area contributed by atoms with Crippen LogP contribution < -0.4 is 0 Å². The molecule has 6 heteroatoms. The number of esters is 1. The van der Waals surface area contributed by atoms with Crippen LogP contribution in [0.15, 0.2) is 0 Å². The van der Waals surface area contributed by atoms with Crippen LogP contribution in [0.25, 0.3) is 0 Å². The lowest BCUT2D eigenvalue weighted by Crippen LogP contribution is -2.35. The summed E-state index contributed by atoms with van der Waals surface area (Å²) in [5, 5.41) is 0. The van der Waals surface area contributed by atoms with Gasteiger partial charge in [0.2, 0.25) is 10.0 Å². The van der Waals surface area contributed by atoms with Crippen molar-refractivity contribution in [2.75, 3.05) is 19.8 Å². The largest absolute Gasteiger partial charge is 0.459 e. The molecule has 0 unspecified atom stereocenters. The number of likely N-dealkylation sites (N-methyl/N-ethyl adjacent to an activating group) is 1. The molecule has 0 saturated carbocycles. The second-order valence-corrected chi connectivity index (χ2v) is 6.19. The summed E-state index contributed by atoms with van der Waals surface area (Å²) < 4.78 is 27.8. The molecular weight excluding hydrogens is 206 g/mol. The quantitative estimate of drug-likeness (QED) is 0.642. The molecule has 0 heterocycles. The van der Waals surface area contributed by atoms with Crippen molar-refractivity contribution in [2.24, 2.45) is 0 Å². The van der Waals surface area contributed by atoms with Gasteiger partial charge in [0, 0.05) is 7.05 Å². The minimum atomic E-state index is -3.32. The molecule has 0 rings (SSSR count). The molecule has 0 bridgehead atoms. The van der Waals surface area contributed by atoms with Gasteiger partial charge in [-0.3, -0.25) is 4.79 Å². The normalized spacial score (nSPS) is 13.0. The SMILES string of the molecule is CN(CC(=O)OC(C)(C)C)S(C)(=O)=O. The summed E-state index contributed by atoms with van der Waals surface area (Å²) in [6.07, 6.45) is 1.04. The molecule has 0 amide bonds. The fourth-order valence-corrected chi connectivity index (χ4v) is 1.01. The fourth-order valence-electron chi connectivity index (χ4n) is 0.673. The molecule has 0 N–H and O–H groups in total. The van der Waals surface area contributed by atoms with Crippen LogP contribution in [0.4, 0.5) is 0 Å². The fraction of sp³-hybridized carbons (Fsp3) is 0.875. The lowest BCUT2D eigenvalue weighted by atomic mass is 10.2. The third-order valence-corrected chi connectivity index (χ3v) is 2.60. The lowest BCUT2D eigenvalue weighted by Gasteiger charge is -2.21. The Bertz CT molecular complexity index is 302. The van der Waals surface area contributed by atoms with Crippen LogP contribution in [0, 0.1) is 0 Å². The monoisotopic (exact) mass is 223 g/mol. The van der Waals surface area contributed by atoms with E-state index in [1.165, 1.54) is 7.05 Å². The third-order valence-electron chi connectivity index (χ3n) is 1.34. The molecule has 0 aliphatic heterocycles. The summed E-state index contributed by atoms with van der Waals surface area (Å²) in [7, 11) is -1.99. The molecule has 14 heavy (non-hydrogen) atoms. The van der Waals surface area contributed by atoms with Gasteiger partial charge in [0.1, 0.15) is 12.1 Å². The highest BCUT2D eigenvalue weighted by atomic mass is 32.2. The van der Waals surface area contributed by atoms with Crippen molar-refractivity contribution in [3.05, 3.63) is 0 Å². The summed E-state index contributed by atoms with van der Waals surface area (Å²) in [6, 6.07) is 0. The van der Waals surface area contributed by atoms with Crippen LogP contribution in [0.3, 0.4) is 0 Å². The first-order valence-electron chi connectivity index (χ1n) is 4.15. The Balaban J connectivity index is 4.23. The number of carbonyl (C=O) groups excluding carboxylic acids is 1. The Morgan fingerprint density at radius 2 is 1.79 bits per heavy atom. The van der Waals surface area contributed by atoms with Gasteiger partial charge in [0.05, 0.1) is 6.26 Å². The highest BCUT2D eigenvalue weighted by Crippen LogP contribution is 2.07. The number of hydrogen-bond acceptors (Lipinski definition) is 4. The molecule has 5 nitrogen and oxygen atoms in total. The number of rotatable bonds is 3. The highest BCUT2D eigenvalue weighted by Gasteiger charge is 2.20. The first-order valence-corrected chi connectivity index (χ1v) is 6.00. The van der Waals surface area contributed by atoms with Gasteiger partial charge in [-0.15, -0.1) is 0 Å². The molecule has 0 aromatic heterocycles. The molecular formula is C8H17NO4S. The van der Waals surface area contributed by atoms with Crippen LogP contribution in [0.5, 0.6) is 0 Å². The zero-order valence-electron chi connectivity index (χ0n) is 9.20. The zero-order chi connectivity index (χ0) is 11.6. The Morgan fingerprint density at radius 1 is 1.36 bits per heavy atom. The van der Waals surface area contributed by atoms with Gasteiger partial charge in [-0.2, -0.15) is 4.31 Å². The first kappa shape index (κ1) is 13.4.